The maximum atomic E-state index is 12.6. The molecule has 2 aromatic carbocycles. The average molecular weight is 377 g/mol. The van der Waals surface area contributed by atoms with E-state index in [2.05, 4.69) is 66.5 Å². The second-order valence-corrected chi connectivity index (χ2v) is 8.85. The van der Waals surface area contributed by atoms with Gasteiger partial charge in [-0.3, -0.25) is 9.69 Å². The number of nitrogens with one attached hydrogen (secondary N) is 1. The third kappa shape index (κ3) is 4.30. The summed E-state index contributed by atoms with van der Waals surface area (Å²) in [6.45, 7) is 8.37. The molecule has 148 valence electrons. The van der Waals surface area contributed by atoms with Crippen LogP contribution in [-0.2, 0) is 17.8 Å². The Bertz CT molecular complexity index is 822. The lowest BCUT2D eigenvalue weighted by Gasteiger charge is -2.33. The van der Waals surface area contributed by atoms with Gasteiger partial charge in [-0.15, -0.1) is 0 Å². The standard InChI is InChI=1S/C25H32N2O/c1-19-8-9-22(20(2)16-19)18-27-14-11-25(12-15-27)17-23(25)24(28)26-13-10-21-6-4-3-5-7-21/h3-9,16,23H,10-15,17-18H2,1-2H3,(H,26,28). The molecule has 1 spiro atoms. The normalized spacial score (nSPS) is 20.9. The fraction of sp³-hybridized carbons (Fsp3) is 0.480. The van der Waals surface area contributed by atoms with Crippen molar-refractivity contribution < 1.29 is 4.79 Å². The summed E-state index contributed by atoms with van der Waals surface area (Å²) in [5.74, 6) is 0.519. The lowest BCUT2D eigenvalue weighted by molar-refractivity contribution is -0.123. The van der Waals surface area contributed by atoms with Crippen molar-refractivity contribution in [2.24, 2.45) is 11.3 Å². The molecular formula is C25H32N2O. The first-order valence-electron chi connectivity index (χ1n) is 10.7. The quantitative estimate of drug-likeness (QED) is 0.817. The average Bonchev–Trinajstić information content (AvgIpc) is 3.40. The van der Waals surface area contributed by atoms with E-state index in [1.165, 1.54) is 22.3 Å². The highest BCUT2D eigenvalue weighted by Crippen LogP contribution is 2.59. The van der Waals surface area contributed by atoms with Gasteiger partial charge in [0, 0.05) is 19.0 Å². The summed E-state index contributed by atoms with van der Waals surface area (Å²) in [5.41, 5.74) is 5.73. The summed E-state index contributed by atoms with van der Waals surface area (Å²) in [7, 11) is 0. The molecule has 1 unspecified atom stereocenters. The number of piperidine rings is 1. The maximum Gasteiger partial charge on any atom is 0.223 e. The van der Waals surface area contributed by atoms with Crippen molar-refractivity contribution >= 4 is 5.91 Å². The Labute approximate surface area is 169 Å². The van der Waals surface area contributed by atoms with Gasteiger partial charge in [0.2, 0.25) is 5.91 Å². The number of hydrogen-bond acceptors (Lipinski definition) is 2. The fourth-order valence-electron chi connectivity index (χ4n) is 4.79. The van der Waals surface area contributed by atoms with E-state index < -0.39 is 0 Å². The van der Waals surface area contributed by atoms with Crippen LogP contribution < -0.4 is 5.32 Å². The molecule has 1 atom stereocenters. The molecule has 1 N–H and O–H groups in total. The first kappa shape index (κ1) is 19.2. The van der Waals surface area contributed by atoms with E-state index in [0.717, 1.165) is 51.9 Å². The van der Waals surface area contributed by atoms with Gasteiger partial charge < -0.3 is 5.32 Å². The molecule has 1 saturated carbocycles. The van der Waals surface area contributed by atoms with Crippen molar-refractivity contribution in [2.45, 2.75) is 46.1 Å². The molecule has 0 radical (unpaired) electrons. The molecule has 2 fully saturated rings. The van der Waals surface area contributed by atoms with Crippen molar-refractivity contribution in [3.8, 4) is 0 Å². The second kappa shape index (κ2) is 8.08. The van der Waals surface area contributed by atoms with Crippen molar-refractivity contribution in [1.82, 2.24) is 10.2 Å². The summed E-state index contributed by atoms with van der Waals surface area (Å²) in [5, 5.41) is 3.18. The van der Waals surface area contributed by atoms with E-state index in [-0.39, 0.29) is 17.2 Å². The lowest BCUT2D eigenvalue weighted by Crippen LogP contribution is -2.37. The zero-order chi connectivity index (χ0) is 19.6. The van der Waals surface area contributed by atoms with Gasteiger partial charge in [0.25, 0.3) is 0 Å². The van der Waals surface area contributed by atoms with Crippen LogP contribution in [-0.4, -0.2) is 30.4 Å². The number of benzene rings is 2. The van der Waals surface area contributed by atoms with Gasteiger partial charge in [-0.2, -0.15) is 0 Å². The Morgan fingerprint density at radius 3 is 2.57 bits per heavy atom. The number of rotatable bonds is 6. The highest BCUT2D eigenvalue weighted by molar-refractivity contribution is 5.82. The number of likely N-dealkylation sites (tertiary alicyclic amines) is 1. The largest absolute Gasteiger partial charge is 0.356 e. The molecule has 1 aliphatic heterocycles. The molecule has 28 heavy (non-hydrogen) atoms. The van der Waals surface area contributed by atoms with Crippen molar-refractivity contribution in [3.05, 3.63) is 70.8 Å². The fourth-order valence-corrected chi connectivity index (χ4v) is 4.79. The summed E-state index contributed by atoms with van der Waals surface area (Å²) >= 11 is 0. The molecule has 1 aliphatic carbocycles. The molecule has 1 amide bonds. The Kier molecular flexibility index (Phi) is 5.54. The highest BCUT2D eigenvalue weighted by Gasteiger charge is 2.58. The minimum absolute atomic E-state index is 0.242. The minimum Gasteiger partial charge on any atom is -0.356 e. The summed E-state index contributed by atoms with van der Waals surface area (Å²) in [4.78, 5) is 15.2. The van der Waals surface area contributed by atoms with Gasteiger partial charge in [-0.1, -0.05) is 54.1 Å². The topological polar surface area (TPSA) is 32.3 Å². The highest BCUT2D eigenvalue weighted by atomic mass is 16.2. The summed E-state index contributed by atoms with van der Waals surface area (Å²) < 4.78 is 0. The zero-order valence-electron chi connectivity index (χ0n) is 17.2. The molecule has 0 bridgehead atoms. The Morgan fingerprint density at radius 1 is 1.11 bits per heavy atom. The van der Waals surface area contributed by atoms with Crippen LogP contribution in [0.3, 0.4) is 0 Å². The number of carbonyl (C=O) groups excluding carboxylic acids is 1. The SMILES string of the molecule is Cc1ccc(CN2CCC3(CC2)CC3C(=O)NCCc2ccccc2)c(C)c1. The van der Waals surface area contributed by atoms with Crippen LogP contribution in [0.5, 0.6) is 0 Å². The second-order valence-electron chi connectivity index (χ2n) is 8.85. The predicted octanol–water partition coefficient (Wildman–Crippen LogP) is 4.26. The van der Waals surface area contributed by atoms with Crippen LogP contribution in [0.4, 0.5) is 0 Å². The summed E-state index contributed by atoms with van der Waals surface area (Å²) in [6.07, 6.45) is 4.32. The van der Waals surface area contributed by atoms with E-state index in [9.17, 15) is 4.79 Å². The van der Waals surface area contributed by atoms with E-state index in [1.54, 1.807) is 0 Å². The number of aryl methyl sites for hydroxylation is 2. The maximum absolute atomic E-state index is 12.6. The molecule has 2 aromatic rings. The molecule has 1 heterocycles. The van der Waals surface area contributed by atoms with Crippen LogP contribution in [0, 0.1) is 25.2 Å². The van der Waals surface area contributed by atoms with Crippen LogP contribution in [0.15, 0.2) is 48.5 Å². The van der Waals surface area contributed by atoms with E-state index in [0.29, 0.717) is 0 Å². The smallest absolute Gasteiger partial charge is 0.223 e. The Hall–Kier alpha value is -2.13. The first-order chi connectivity index (χ1) is 13.6. The number of amides is 1. The van der Waals surface area contributed by atoms with E-state index in [4.69, 9.17) is 0 Å². The predicted molar refractivity (Wildman–Crippen MR) is 114 cm³/mol. The van der Waals surface area contributed by atoms with Gasteiger partial charge in [0.1, 0.15) is 0 Å². The molecular weight excluding hydrogens is 344 g/mol. The van der Waals surface area contributed by atoms with Gasteiger partial charge >= 0.3 is 0 Å². The minimum atomic E-state index is 0.242. The molecule has 4 rings (SSSR count). The third-order valence-electron chi connectivity index (χ3n) is 6.81. The van der Waals surface area contributed by atoms with Gasteiger partial charge in [-0.25, -0.2) is 0 Å². The van der Waals surface area contributed by atoms with Crippen LogP contribution in [0.1, 0.15) is 41.5 Å². The summed E-state index contributed by atoms with van der Waals surface area (Å²) in [6, 6.07) is 17.1. The Balaban J connectivity index is 1.22. The molecule has 2 aliphatic rings. The van der Waals surface area contributed by atoms with Crippen LogP contribution in [0.2, 0.25) is 0 Å². The van der Waals surface area contributed by atoms with Gasteiger partial charge in [-0.05, 0) is 74.7 Å². The number of hydrogen-bond donors (Lipinski definition) is 1. The van der Waals surface area contributed by atoms with Crippen molar-refractivity contribution in [1.29, 1.82) is 0 Å². The Morgan fingerprint density at radius 2 is 1.86 bits per heavy atom. The first-order valence-corrected chi connectivity index (χ1v) is 10.7. The zero-order valence-corrected chi connectivity index (χ0v) is 17.2. The number of carbonyl (C=O) groups is 1. The van der Waals surface area contributed by atoms with Crippen LogP contribution >= 0.6 is 0 Å². The third-order valence-corrected chi connectivity index (χ3v) is 6.81. The van der Waals surface area contributed by atoms with E-state index in [1.807, 2.05) is 6.07 Å². The van der Waals surface area contributed by atoms with E-state index >= 15 is 0 Å². The molecule has 3 nitrogen and oxygen atoms in total. The molecule has 1 saturated heterocycles. The van der Waals surface area contributed by atoms with Crippen molar-refractivity contribution in [2.75, 3.05) is 19.6 Å². The lowest BCUT2D eigenvalue weighted by atomic mass is 9.90. The van der Waals surface area contributed by atoms with Crippen molar-refractivity contribution in [3.63, 3.8) is 0 Å². The molecule has 0 aromatic heterocycles. The molecule has 3 heteroatoms. The van der Waals surface area contributed by atoms with Crippen LogP contribution in [0.25, 0.3) is 0 Å². The monoisotopic (exact) mass is 376 g/mol. The van der Waals surface area contributed by atoms with Gasteiger partial charge in [0.15, 0.2) is 0 Å². The number of nitrogens with zero attached hydrogens (tertiary/aromatic N) is 1. The van der Waals surface area contributed by atoms with Gasteiger partial charge in [0.05, 0.1) is 0 Å².